The van der Waals surface area contributed by atoms with Gasteiger partial charge < -0.3 is 10.6 Å². The standard InChI is InChI=1S/C22H25FN2O4S2/c23-17-8-10-18(11-9-17)31(28,29)20(19-7-4-14-30-19)15-25-22(27)21(26)24-13-12-16-5-2-1-3-6-16/h4-5,7-11,14,20H,1-3,6,12-13,15H2,(H,24,26)(H,25,27)/t20-/m0/s1. The summed E-state index contributed by atoms with van der Waals surface area (Å²) in [5.41, 5.74) is 1.29. The van der Waals surface area contributed by atoms with Gasteiger partial charge in [-0.25, -0.2) is 12.8 Å². The van der Waals surface area contributed by atoms with Crippen molar-refractivity contribution in [1.82, 2.24) is 10.6 Å². The lowest BCUT2D eigenvalue weighted by molar-refractivity contribution is -0.139. The maximum atomic E-state index is 13.2. The number of benzene rings is 1. The molecule has 0 aliphatic heterocycles. The van der Waals surface area contributed by atoms with Crippen molar-refractivity contribution < 1.29 is 22.4 Å². The van der Waals surface area contributed by atoms with Crippen molar-refractivity contribution in [2.75, 3.05) is 13.1 Å². The zero-order valence-corrected chi connectivity index (χ0v) is 18.6. The van der Waals surface area contributed by atoms with E-state index in [9.17, 15) is 22.4 Å². The van der Waals surface area contributed by atoms with E-state index in [0.29, 0.717) is 17.8 Å². The molecule has 0 unspecified atom stereocenters. The third-order valence-corrected chi connectivity index (χ3v) is 8.38. The Balaban J connectivity index is 1.61. The van der Waals surface area contributed by atoms with E-state index < -0.39 is 32.7 Å². The minimum Gasteiger partial charge on any atom is -0.348 e. The molecular formula is C22H25FN2O4S2. The first-order chi connectivity index (χ1) is 14.9. The topological polar surface area (TPSA) is 92.3 Å². The number of thiophene rings is 1. The second kappa shape index (κ2) is 10.7. The van der Waals surface area contributed by atoms with Gasteiger partial charge in [-0.3, -0.25) is 9.59 Å². The normalized spacial score (nSPS) is 15.1. The van der Waals surface area contributed by atoms with Crippen LogP contribution < -0.4 is 10.6 Å². The Hall–Kier alpha value is -2.52. The van der Waals surface area contributed by atoms with Crippen molar-refractivity contribution in [1.29, 1.82) is 0 Å². The molecule has 166 valence electrons. The third kappa shape index (κ3) is 6.24. The molecule has 31 heavy (non-hydrogen) atoms. The molecule has 0 radical (unpaired) electrons. The summed E-state index contributed by atoms with van der Waals surface area (Å²) < 4.78 is 39.4. The molecule has 0 bridgehead atoms. The maximum absolute atomic E-state index is 13.2. The van der Waals surface area contributed by atoms with Gasteiger partial charge in [0.05, 0.1) is 4.90 Å². The number of nitrogens with one attached hydrogen (secondary N) is 2. The lowest BCUT2D eigenvalue weighted by Gasteiger charge is -2.17. The highest BCUT2D eigenvalue weighted by Crippen LogP contribution is 2.31. The molecule has 6 nitrogen and oxygen atoms in total. The summed E-state index contributed by atoms with van der Waals surface area (Å²) in [5, 5.41) is 5.67. The average molecular weight is 465 g/mol. The molecule has 1 atom stereocenters. The second-order valence-corrected chi connectivity index (χ2v) is 10.4. The molecule has 9 heteroatoms. The Kier molecular flexibility index (Phi) is 7.97. The van der Waals surface area contributed by atoms with Crippen LogP contribution in [-0.2, 0) is 19.4 Å². The van der Waals surface area contributed by atoms with Crippen molar-refractivity contribution in [3.63, 3.8) is 0 Å². The van der Waals surface area contributed by atoms with E-state index in [1.807, 2.05) is 0 Å². The average Bonchev–Trinajstić information content (AvgIpc) is 3.29. The van der Waals surface area contributed by atoms with Crippen molar-refractivity contribution in [2.45, 2.75) is 42.2 Å². The zero-order chi connectivity index (χ0) is 22.3. The molecule has 0 saturated heterocycles. The van der Waals surface area contributed by atoms with Crippen LogP contribution in [0.5, 0.6) is 0 Å². The third-order valence-electron chi connectivity index (χ3n) is 5.15. The first-order valence-corrected chi connectivity index (χ1v) is 12.6. The molecule has 1 heterocycles. The number of sulfone groups is 1. The van der Waals surface area contributed by atoms with Crippen LogP contribution in [0.25, 0.3) is 0 Å². The van der Waals surface area contributed by atoms with Gasteiger partial charge >= 0.3 is 11.8 Å². The molecule has 2 N–H and O–H groups in total. The van der Waals surface area contributed by atoms with E-state index in [1.54, 1.807) is 17.5 Å². The molecule has 0 spiro atoms. The smallest absolute Gasteiger partial charge is 0.309 e. The van der Waals surface area contributed by atoms with E-state index in [-0.39, 0.29) is 11.4 Å². The van der Waals surface area contributed by atoms with E-state index in [0.717, 1.165) is 31.4 Å². The highest BCUT2D eigenvalue weighted by atomic mass is 32.2. The molecule has 0 fully saturated rings. The highest BCUT2D eigenvalue weighted by Gasteiger charge is 2.31. The first kappa shape index (κ1) is 23.1. The molecule has 1 aliphatic carbocycles. The monoisotopic (exact) mass is 464 g/mol. The van der Waals surface area contributed by atoms with Gasteiger partial charge in [0.25, 0.3) is 0 Å². The number of hydrogen-bond acceptors (Lipinski definition) is 5. The van der Waals surface area contributed by atoms with Gasteiger partial charge in [-0.05, 0) is 67.8 Å². The van der Waals surface area contributed by atoms with Crippen molar-refractivity contribution in [2.24, 2.45) is 0 Å². The summed E-state index contributed by atoms with van der Waals surface area (Å²) in [7, 11) is -3.90. The molecular weight excluding hydrogens is 439 g/mol. The Bertz CT molecular complexity index is 1030. The highest BCUT2D eigenvalue weighted by molar-refractivity contribution is 7.91. The minimum atomic E-state index is -3.90. The molecule has 1 aromatic carbocycles. The van der Waals surface area contributed by atoms with E-state index >= 15 is 0 Å². The number of amides is 2. The van der Waals surface area contributed by atoms with Crippen LogP contribution in [0, 0.1) is 5.82 Å². The summed E-state index contributed by atoms with van der Waals surface area (Å²) >= 11 is 1.23. The lowest BCUT2D eigenvalue weighted by Crippen LogP contribution is -2.42. The minimum absolute atomic E-state index is 0.0493. The van der Waals surface area contributed by atoms with Crippen molar-refractivity contribution in [3.8, 4) is 0 Å². The van der Waals surface area contributed by atoms with Gasteiger partial charge in [0.15, 0.2) is 9.84 Å². The van der Waals surface area contributed by atoms with Crippen LogP contribution in [0.2, 0.25) is 0 Å². The van der Waals surface area contributed by atoms with Gasteiger partial charge in [-0.1, -0.05) is 17.7 Å². The first-order valence-electron chi connectivity index (χ1n) is 10.1. The SMILES string of the molecule is O=C(NCCC1=CCCCC1)C(=O)NC[C@@H](c1cccs1)S(=O)(=O)c1ccc(F)cc1. The van der Waals surface area contributed by atoms with Crippen LogP contribution in [0.15, 0.2) is 58.3 Å². The summed E-state index contributed by atoms with van der Waals surface area (Å²) in [5.74, 6) is -2.21. The Morgan fingerprint density at radius 3 is 2.45 bits per heavy atom. The predicted octanol–water partition coefficient (Wildman–Crippen LogP) is 3.53. The van der Waals surface area contributed by atoms with E-state index in [4.69, 9.17) is 0 Å². The van der Waals surface area contributed by atoms with Gasteiger partial charge in [0, 0.05) is 18.0 Å². The van der Waals surface area contributed by atoms with Gasteiger partial charge in [-0.2, -0.15) is 0 Å². The zero-order valence-electron chi connectivity index (χ0n) is 17.0. The predicted molar refractivity (Wildman–Crippen MR) is 118 cm³/mol. The Labute approximate surface area is 185 Å². The van der Waals surface area contributed by atoms with Crippen molar-refractivity contribution in [3.05, 3.63) is 64.1 Å². The number of rotatable bonds is 8. The number of carbonyl (C=O) groups excluding carboxylic acids is 2. The number of carbonyl (C=O) groups is 2. The fourth-order valence-corrected chi connectivity index (χ4v) is 6.22. The molecule has 3 rings (SSSR count). The molecule has 2 amide bonds. The molecule has 2 aromatic rings. The maximum Gasteiger partial charge on any atom is 0.309 e. The number of hydrogen-bond donors (Lipinski definition) is 2. The number of allylic oxidation sites excluding steroid dienone is 1. The largest absolute Gasteiger partial charge is 0.348 e. The number of halogens is 1. The van der Waals surface area contributed by atoms with Crippen LogP contribution in [0.3, 0.4) is 0 Å². The Morgan fingerprint density at radius 1 is 1.06 bits per heavy atom. The van der Waals surface area contributed by atoms with Crippen LogP contribution >= 0.6 is 11.3 Å². The molecule has 1 aliphatic rings. The van der Waals surface area contributed by atoms with E-state index in [2.05, 4.69) is 16.7 Å². The lowest BCUT2D eigenvalue weighted by atomic mass is 9.97. The van der Waals surface area contributed by atoms with Crippen molar-refractivity contribution >= 4 is 33.0 Å². The fourth-order valence-electron chi connectivity index (χ4n) is 3.44. The Morgan fingerprint density at radius 2 is 1.81 bits per heavy atom. The fraction of sp³-hybridized carbons (Fsp3) is 0.364. The van der Waals surface area contributed by atoms with Crippen LogP contribution in [0.4, 0.5) is 4.39 Å². The summed E-state index contributed by atoms with van der Waals surface area (Å²) in [6, 6.07) is 7.90. The second-order valence-electron chi connectivity index (χ2n) is 7.33. The van der Waals surface area contributed by atoms with Crippen LogP contribution in [-0.4, -0.2) is 33.3 Å². The van der Waals surface area contributed by atoms with Gasteiger partial charge in [-0.15, -0.1) is 11.3 Å². The summed E-state index contributed by atoms with van der Waals surface area (Å²) in [4.78, 5) is 24.8. The van der Waals surface area contributed by atoms with Gasteiger partial charge in [0.2, 0.25) is 0 Å². The van der Waals surface area contributed by atoms with Crippen LogP contribution in [0.1, 0.15) is 42.2 Å². The van der Waals surface area contributed by atoms with Gasteiger partial charge in [0.1, 0.15) is 11.1 Å². The molecule has 1 aromatic heterocycles. The van der Waals surface area contributed by atoms with E-state index in [1.165, 1.54) is 35.5 Å². The summed E-state index contributed by atoms with van der Waals surface area (Å²) in [6.07, 6.45) is 7.29. The summed E-state index contributed by atoms with van der Waals surface area (Å²) in [6.45, 7) is 0.0952. The molecule has 0 saturated carbocycles. The quantitative estimate of drug-likeness (QED) is 0.355.